The number of rotatable bonds is 10. The molecule has 0 radical (unpaired) electrons. The first-order chi connectivity index (χ1) is 11.0. The monoisotopic (exact) mass is 424 g/mol. The fourth-order valence-electron chi connectivity index (χ4n) is 1.71. The van der Waals surface area contributed by atoms with Gasteiger partial charge >= 0.3 is 15.0 Å². The van der Waals surface area contributed by atoms with E-state index in [1.54, 1.807) is 13.8 Å². The lowest BCUT2D eigenvalue weighted by molar-refractivity contribution is -0.138. The van der Waals surface area contributed by atoms with E-state index < -0.39 is 40.0 Å². The third-order valence-corrected chi connectivity index (χ3v) is 13.0. The van der Waals surface area contributed by atoms with E-state index in [-0.39, 0.29) is 0 Å². The van der Waals surface area contributed by atoms with Gasteiger partial charge < -0.3 is 21.5 Å². The lowest BCUT2D eigenvalue weighted by atomic mass is 10.3. The van der Waals surface area contributed by atoms with E-state index in [1.165, 1.54) is 6.26 Å². The minimum atomic E-state index is -3.43. The van der Waals surface area contributed by atoms with Crippen LogP contribution in [0.15, 0.2) is 11.8 Å². The number of carbonyl (C=O) groups is 1. The van der Waals surface area contributed by atoms with Crippen LogP contribution in [0.2, 0.25) is 58.9 Å². The van der Waals surface area contributed by atoms with Crippen molar-refractivity contribution in [3.05, 3.63) is 11.8 Å². The number of hydrogen-bond donors (Lipinski definition) is 0. The summed E-state index contributed by atoms with van der Waals surface area (Å²) in [7, 11) is -9.49. The minimum Gasteiger partial charge on any atom is -0.488 e. The normalized spacial score (nSPS) is 14.4. The molecule has 10 heteroatoms. The molecule has 0 saturated heterocycles. The van der Waals surface area contributed by atoms with Crippen LogP contribution in [0.4, 0.5) is 0 Å². The van der Waals surface area contributed by atoms with E-state index in [9.17, 15) is 4.79 Å². The van der Waals surface area contributed by atoms with Gasteiger partial charge in [0.15, 0.2) is 25.0 Å². The first-order valence-corrected chi connectivity index (χ1v) is 20.5. The van der Waals surface area contributed by atoms with Crippen LogP contribution >= 0.6 is 0 Å². The summed E-state index contributed by atoms with van der Waals surface area (Å²) in [4.78, 5) is 11.9. The number of esters is 1. The molecule has 0 spiro atoms. The van der Waals surface area contributed by atoms with Gasteiger partial charge in [0.05, 0.1) is 18.4 Å². The summed E-state index contributed by atoms with van der Waals surface area (Å²) >= 11 is 0. The van der Waals surface area contributed by atoms with E-state index in [0.717, 1.165) is 0 Å². The molecule has 0 aliphatic carbocycles. The zero-order valence-electron chi connectivity index (χ0n) is 17.7. The number of ether oxygens (including phenoxy) is 1. The van der Waals surface area contributed by atoms with Gasteiger partial charge in [0.2, 0.25) is 0 Å². The highest BCUT2D eigenvalue weighted by molar-refractivity contribution is 6.87. The Labute approximate surface area is 157 Å². The van der Waals surface area contributed by atoms with Crippen molar-refractivity contribution in [1.29, 1.82) is 0 Å². The van der Waals surface area contributed by atoms with Crippen LogP contribution in [0, 0.1) is 0 Å². The van der Waals surface area contributed by atoms with Crippen LogP contribution in [-0.2, 0) is 26.3 Å². The van der Waals surface area contributed by atoms with Gasteiger partial charge in [-0.1, -0.05) is 0 Å². The smallest absolute Gasteiger partial charge is 0.488 e. The average Bonchev–Trinajstić information content (AvgIpc) is 2.29. The van der Waals surface area contributed by atoms with Gasteiger partial charge in [-0.3, -0.25) is 0 Å². The van der Waals surface area contributed by atoms with Crippen molar-refractivity contribution >= 4 is 40.0 Å². The van der Waals surface area contributed by atoms with Gasteiger partial charge in [0.25, 0.3) is 0 Å². The molecule has 0 aromatic carbocycles. The second kappa shape index (κ2) is 9.11. The summed E-state index contributed by atoms with van der Waals surface area (Å²) in [5.41, 5.74) is 0.358. The molecule has 0 aromatic rings. The molecule has 0 aliphatic rings. The second-order valence-corrected chi connectivity index (χ2v) is 25.1. The Morgan fingerprint density at radius 3 is 1.44 bits per heavy atom. The van der Waals surface area contributed by atoms with Crippen LogP contribution in [0.3, 0.4) is 0 Å². The fourth-order valence-corrected chi connectivity index (χ4v) is 13.2. The van der Waals surface area contributed by atoms with Crippen LogP contribution in [0.5, 0.6) is 0 Å². The van der Waals surface area contributed by atoms with E-state index >= 15 is 0 Å². The van der Waals surface area contributed by atoms with E-state index in [1.807, 2.05) is 0 Å². The molecule has 0 aliphatic heterocycles. The summed E-state index contributed by atoms with van der Waals surface area (Å²) < 4.78 is 30.1. The van der Waals surface area contributed by atoms with Gasteiger partial charge in [-0.05, 0) is 72.8 Å². The van der Waals surface area contributed by atoms with Crippen LogP contribution in [0.25, 0.3) is 0 Å². The molecule has 0 bridgehead atoms. The lowest BCUT2D eigenvalue weighted by Gasteiger charge is -2.39. The van der Waals surface area contributed by atoms with Crippen molar-refractivity contribution < 1.29 is 26.3 Å². The predicted octanol–water partition coefficient (Wildman–Crippen LogP) is 4.46. The third kappa shape index (κ3) is 11.9. The van der Waals surface area contributed by atoms with Crippen molar-refractivity contribution in [2.75, 3.05) is 6.61 Å². The van der Waals surface area contributed by atoms with Crippen LogP contribution in [0.1, 0.15) is 13.8 Å². The predicted molar refractivity (Wildman–Crippen MR) is 111 cm³/mol. The molecule has 0 unspecified atom stereocenters. The SMILES string of the molecule is CCOC(=O)/C(C)=C/O[Si](O[Si](C)(C)C)(O[Si](C)(C)C)O[Si](C)(C)C. The number of hydrogen-bond acceptors (Lipinski definition) is 6. The lowest BCUT2D eigenvalue weighted by Crippen LogP contribution is -2.61. The molecular weight excluding hydrogens is 389 g/mol. The first-order valence-electron chi connectivity index (χ1n) is 8.61. The van der Waals surface area contributed by atoms with Crippen molar-refractivity contribution in [2.45, 2.75) is 72.8 Å². The molecule has 0 rings (SSSR count). The Kier molecular flexibility index (Phi) is 9.02. The van der Waals surface area contributed by atoms with E-state index in [0.29, 0.717) is 12.2 Å². The highest BCUT2D eigenvalue weighted by Crippen LogP contribution is 2.27. The second-order valence-electron chi connectivity index (χ2n) is 8.78. The Bertz CT molecular complexity index is 433. The minimum absolute atomic E-state index is 0.314. The van der Waals surface area contributed by atoms with Crippen molar-refractivity contribution in [3.63, 3.8) is 0 Å². The van der Waals surface area contributed by atoms with Crippen molar-refractivity contribution in [2.24, 2.45) is 0 Å². The summed E-state index contributed by atoms with van der Waals surface area (Å²) in [6.45, 7) is 22.4. The number of carbonyl (C=O) groups excluding carboxylic acids is 1. The largest absolute Gasteiger partial charge is 0.717 e. The first kappa shape index (κ1) is 24.8. The fraction of sp³-hybridized carbons (Fsp3) is 0.800. The van der Waals surface area contributed by atoms with Gasteiger partial charge in [-0.25, -0.2) is 4.79 Å². The third-order valence-electron chi connectivity index (χ3n) is 2.27. The molecule has 0 saturated carbocycles. The molecule has 0 heterocycles. The Balaban J connectivity index is 5.80. The molecular formula is C15H36O6Si4. The summed E-state index contributed by atoms with van der Waals surface area (Å²) in [5, 5.41) is 0. The van der Waals surface area contributed by atoms with Crippen LogP contribution < -0.4 is 0 Å². The average molecular weight is 425 g/mol. The quantitative estimate of drug-likeness (QED) is 0.223. The maximum atomic E-state index is 11.9. The molecule has 6 nitrogen and oxygen atoms in total. The van der Waals surface area contributed by atoms with Gasteiger partial charge in [-0.2, -0.15) is 0 Å². The standard InChI is InChI=1S/C15H36O6Si4/c1-12-17-15(16)14(2)13-18-25(19-22(3,4)5,20-23(6,7)8)21-24(9,10)11/h13H,12H2,1-11H3/b14-13+. The molecule has 25 heavy (non-hydrogen) atoms. The Morgan fingerprint density at radius 1 is 0.800 bits per heavy atom. The highest BCUT2D eigenvalue weighted by atomic mass is 28.5. The van der Waals surface area contributed by atoms with Gasteiger partial charge in [0, 0.05) is 0 Å². The molecule has 0 atom stereocenters. The Morgan fingerprint density at radius 2 is 1.16 bits per heavy atom. The molecule has 0 N–H and O–H groups in total. The van der Waals surface area contributed by atoms with Crippen molar-refractivity contribution in [1.82, 2.24) is 0 Å². The van der Waals surface area contributed by atoms with Gasteiger partial charge in [-0.15, -0.1) is 0 Å². The zero-order valence-corrected chi connectivity index (χ0v) is 21.7. The molecule has 0 amide bonds. The highest BCUT2D eigenvalue weighted by Gasteiger charge is 2.55. The summed E-state index contributed by atoms with van der Waals surface area (Å²) in [6, 6.07) is 0. The van der Waals surface area contributed by atoms with Crippen molar-refractivity contribution in [3.8, 4) is 0 Å². The molecule has 0 aromatic heterocycles. The summed E-state index contributed by atoms with van der Waals surface area (Å²) in [6.07, 6.45) is 1.38. The molecule has 0 fully saturated rings. The maximum absolute atomic E-state index is 11.9. The maximum Gasteiger partial charge on any atom is 0.717 e. The summed E-state index contributed by atoms with van der Waals surface area (Å²) in [5.74, 6) is -0.417. The Hall–Kier alpha value is -0.242. The zero-order chi connectivity index (χ0) is 20.1. The van der Waals surface area contributed by atoms with E-state index in [2.05, 4.69) is 58.9 Å². The molecule has 148 valence electrons. The van der Waals surface area contributed by atoms with Gasteiger partial charge in [0.1, 0.15) is 0 Å². The van der Waals surface area contributed by atoms with E-state index in [4.69, 9.17) is 21.5 Å². The van der Waals surface area contributed by atoms with Crippen LogP contribution in [-0.4, -0.2) is 46.6 Å². The topological polar surface area (TPSA) is 63.2 Å².